The molecule has 3 heteroatoms. The van der Waals surface area contributed by atoms with Gasteiger partial charge in [-0.25, -0.2) is 0 Å². The second-order valence-corrected chi connectivity index (χ2v) is 4.58. The molecule has 0 bridgehead atoms. The Morgan fingerprint density at radius 1 is 1.38 bits per heavy atom. The third-order valence-electron chi connectivity index (χ3n) is 2.32. The maximum Gasteiger partial charge on any atom is 0.163 e. The molecule has 0 amide bonds. The molecule has 1 aromatic heterocycles. The van der Waals surface area contributed by atoms with Crippen molar-refractivity contribution in [2.24, 2.45) is 0 Å². The van der Waals surface area contributed by atoms with Crippen molar-refractivity contribution in [2.45, 2.75) is 39.0 Å². The Labute approximate surface area is 78.5 Å². The number of aromatic nitrogens is 2. The number of aryl methyl sites for hydroxylation is 1. The smallest absolute Gasteiger partial charge is 0.163 e. The summed E-state index contributed by atoms with van der Waals surface area (Å²) in [4.78, 5) is 0. The fraction of sp³-hybridized carbons (Fsp3) is 0.700. The molecule has 13 heavy (non-hydrogen) atoms. The van der Waals surface area contributed by atoms with Gasteiger partial charge in [-0.15, -0.1) is 0 Å². The first-order chi connectivity index (χ1) is 6.09. The SMILES string of the molecule is CC(C)(C)c1n[nH]c2c1OCCC2. The average Bonchev–Trinajstić information content (AvgIpc) is 2.45. The lowest BCUT2D eigenvalue weighted by Crippen LogP contribution is -2.15. The minimum Gasteiger partial charge on any atom is -0.490 e. The molecule has 0 saturated heterocycles. The molecule has 1 aliphatic heterocycles. The van der Waals surface area contributed by atoms with E-state index in [1.807, 2.05) is 0 Å². The molecule has 0 radical (unpaired) electrons. The molecule has 2 rings (SSSR count). The number of aromatic amines is 1. The standard InChI is InChI=1S/C10H16N2O/c1-10(2,3)9-8-7(11-12-9)5-4-6-13-8/h4-6H2,1-3H3,(H,11,12). The number of fused-ring (bicyclic) bond motifs is 1. The molecule has 3 nitrogen and oxygen atoms in total. The van der Waals surface area contributed by atoms with E-state index in [1.165, 1.54) is 0 Å². The molecule has 1 N–H and O–H groups in total. The van der Waals surface area contributed by atoms with Crippen molar-refractivity contribution in [2.75, 3.05) is 6.61 Å². The van der Waals surface area contributed by atoms with Crippen LogP contribution in [0.2, 0.25) is 0 Å². The molecule has 1 aliphatic rings. The summed E-state index contributed by atoms with van der Waals surface area (Å²) in [6.45, 7) is 7.29. The Balaban J connectivity index is 2.43. The van der Waals surface area contributed by atoms with Crippen LogP contribution in [-0.2, 0) is 11.8 Å². The van der Waals surface area contributed by atoms with Crippen LogP contribution in [0.4, 0.5) is 0 Å². The first-order valence-corrected chi connectivity index (χ1v) is 4.79. The Bertz CT molecular complexity index is 309. The summed E-state index contributed by atoms with van der Waals surface area (Å²) >= 11 is 0. The maximum atomic E-state index is 5.63. The highest BCUT2D eigenvalue weighted by molar-refractivity contribution is 5.38. The molecular weight excluding hydrogens is 164 g/mol. The van der Waals surface area contributed by atoms with Gasteiger partial charge in [-0.3, -0.25) is 5.10 Å². The fourth-order valence-electron chi connectivity index (χ4n) is 1.62. The molecular formula is C10H16N2O. The lowest BCUT2D eigenvalue weighted by Gasteiger charge is -2.20. The average molecular weight is 180 g/mol. The number of nitrogens with one attached hydrogen (secondary N) is 1. The third kappa shape index (κ3) is 1.43. The summed E-state index contributed by atoms with van der Waals surface area (Å²) in [5.74, 6) is 0.999. The molecule has 0 spiro atoms. The number of ether oxygens (including phenoxy) is 1. The highest BCUT2D eigenvalue weighted by Gasteiger charge is 2.26. The van der Waals surface area contributed by atoms with Crippen LogP contribution in [0, 0.1) is 0 Å². The summed E-state index contributed by atoms with van der Waals surface area (Å²) in [5, 5.41) is 7.38. The number of H-pyrrole nitrogens is 1. The van der Waals surface area contributed by atoms with Crippen LogP contribution < -0.4 is 4.74 Å². The number of nitrogens with zero attached hydrogens (tertiary/aromatic N) is 1. The van der Waals surface area contributed by atoms with Crippen molar-refractivity contribution in [1.82, 2.24) is 10.2 Å². The Hall–Kier alpha value is -0.990. The van der Waals surface area contributed by atoms with Crippen molar-refractivity contribution in [3.05, 3.63) is 11.4 Å². The van der Waals surface area contributed by atoms with Crippen molar-refractivity contribution < 1.29 is 4.74 Å². The zero-order chi connectivity index (χ0) is 9.47. The van der Waals surface area contributed by atoms with Crippen LogP contribution in [0.15, 0.2) is 0 Å². The van der Waals surface area contributed by atoms with Crippen LogP contribution in [0.3, 0.4) is 0 Å². The van der Waals surface area contributed by atoms with Crippen LogP contribution in [0.25, 0.3) is 0 Å². The second kappa shape index (κ2) is 2.76. The highest BCUT2D eigenvalue weighted by atomic mass is 16.5. The maximum absolute atomic E-state index is 5.63. The summed E-state index contributed by atoms with van der Waals surface area (Å²) < 4.78 is 5.63. The zero-order valence-electron chi connectivity index (χ0n) is 8.48. The Morgan fingerprint density at radius 3 is 2.85 bits per heavy atom. The van der Waals surface area contributed by atoms with Gasteiger partial charge in [0.1, 0.15) is 5.69 Å². The minimum atomic E-state index is 0.0709. The number of hydrogen-bond acceptors (Lipinski definition) is 2. The fourth-order valence-corrected chi connectivity index (χ4v) is 1.62. The molecule has 0 atom stereocenters. The second-order valence-electron chi connectivity index (χ2n) is 4.58. The van der Waals surface area contributed by atoms with E-state index in [4.69, 9.17) is 4.74 Å². The van der Waals surface area contributed by atoms with Gasteiger partial charge in [-0.2, -0.15) is 5.10 Å². The summed E-state index contributed by atoms with van der Waals surface area (Å²) in [7, 11) is 0. The van der Waals surface area contributed by atoms with Gasteiger partial charge in [0, 0.05) is 5.41 Å². The number of hydrogen-bond donors (Lipinski definition) is 1. The topological polar surface area (TPSA) is 37.9 Å². The van der Waals surface area contributed by atoms with Crippen LogP contribution in [0.1, 0.15) is 38.6 Å². The van der Waals surface area contributed by atoms with Crippen molar-refractivity contribution >= 4 is 0 Å². The van der Waals surface area contributed by atoms with E-state index < -0.39 is 0 Å². The van der Waals surface area contributed by atoms with E-state index >= 15 is 0 Å². The van der Waals surface area contributed by atoms with Gasteiger partial charge >= 0.3 is 0 Å². The largest absolute Gasteiger partial charge is 0.490 e. The quantitative estimate of drug-likeness (QED) is 0.663. The van der Waals surface area contributed by atoms with E-state index in [1.54, 1.807) is 0 Å². The molecule has 1 aromatic rings. The molecule has 0 saturated carbocycles. The molecule has 72 valence electrons. The van der Waals surface area contributed by atoms with Gasteiger partial charge < -0.3 is 4.74 Å². The van der Waals surface area contributed by atoms with E-state index in [-0.39, 0.29) is 5.41 Å². The van der Waals surface area contributed by atoms with Crippen molar-refractivity contribution in [1.29, 1.82) is 0 Å². The summed E-state index contributed by atoms with van der Waals surface area (Å²) in [5.41, 5.74) is 2.29. The predicted octanol–water partition coefficient (Wildman–Crippen LogP) is 2.03. The lowest BCUT2D eigenvalue weighted by atomic mass is 9.91. The summed E-state index contributed by atoms with van der Waals surface area (Å²) in [6, 6.07) is 0. The van der Waals surface area contributed by atoms with Gasteiger partial charge in [-0.05, 0) is 12.8 Å². The van der Waals surface area contributed by atoms with Gasteiger partial charge in [0.2, 0.25) is 0 Å². The molecule has 0 fully saturated rings. The van der Waals surface area contributed by atoms with Gasteiger partial charge in [-0.1, -0.05) is 20.8 Å². The van der Waals surface area contributed by atoms with Crippen LogP contribution >= 0.6 is 0 Å². The van der Waals surface area contributed by atoms with E-state index in [2.05, 4.69) is 31.0 Å². The molecule has 0 aromatic carbocycles. The summed E-state index contributed by atoms with van der Waals surface area (Å²) in [6.07, 6.45) is 2.16. The predicted molar refractivity (Wildman–Crippen MR) is 51.1 cm³/mol. The lowest BCUT2D eigenvalue weighted by molar-refractivity contribution is 0.280. The van der Waals surface area contributed by atoms with Crippen molar-refractivity contribution in [3.8, 4) is 5.75 Å². The minimum absolute atomic E-state index is 0.0709. The third-order valence-corrected chi connectivity index (χ3v) is 2.32. The number of rotatable bonds is 0. The van der Waals surface area contributed by atoms with Crippen LogP contribution in [-0.4, -0.2) is 16.8 Å². The van der Waals surface area contributed by atoms with Gasteiger partial charge in [0.05, 0.1) is 12.3 Å². The first kappa shape index (κ1) is 8.60. The van der Waals surface area contributed by atoms with E-state index in [0.717, 1.165) is 36.6 Å². The Morgan fingerprint density at radius 2 is 2.15 bits per heavy atom. The highest BCUT2D eigenvalue weighted by Crippen LogP contribution is 2.34. The van der Waals surface area contributed by atoms with E-state index in [0.29, 0.717) is 0 Å². The van der Waals surface area contributed by atoms with Gasteiger partial charge in [0.25, 0.3) is 0 Å². The van der Waals surface area contributed by atoms with Crippen molar-refractivity contribution in [3.63, 3.8) is 0 Å². The van der Waals surface area contributed by atoms with E-state index in [9.17, 15) is 0 Å². The van der Waals surface area contributed by atoms with Gasteiger partial charge in [0.15, 0.2) is 5.75 Å². The van der Waals surface area contributed by atoms with Crippen LogP contribution in [0.5, 0.6) is 5.75 Å². The normalized spacial score (nSPS) is 16.5. The molecule has 0 unspecified atom stereocenters. The monoisotopic (exact) mass is 180 g/mol. The molecule has 2 heterocycles. The Kier molecular flexibility index (Phi) is 1.82. The first-order valence-electron chi connectivity index (χ1n) is 4.79. The molecule has 0 aliphatic carbocycles. The zero-order valence-corrected chi connectivity index (χ0v) is 8.48.